The first-order valence-electron chi connectivity index (χ1n) is 5.05. The summed E-state index contributed by atoms with van der Waals surface area (Å²) in [5.41, 5.74) is 1.98. The van der Waals surface area contributed by atoms with Crippen LogP contribution in [0.25, 0.3) is 11.1 Å². The van der Waals surface area contributed by atoms with Gasteiger partial charge in [0.05, 0.1) is 0 Å². The van der Waals surface area contributed by atoms with Crippen LogP contribution >= 0.6 is 11.8 Å². The van der Waals surface area contributed by atoms with Gasteiger partial charge in [0.1, 0.15) is 5.69 Å². The van der Waals surface area contributed by atoms with E-state index in [0.29, 0.717) is 0 Å². The monoisotopic (exact) mass is 245 g/mol. The third kappa shape index (κ3) is 2.47. The molecule has 86 valence electrons. The Balaban J connectivity index is 2.52. The van der Waals surface area contributed by atoms with Crippen LogP contribution in [-0.4, -0.2) is 22.3 Å². The largest absolute Gasteiger partial charge is 0.477 e. The van der Waals surface area contributed by atoms with E-state index in [1.807, 2.05) is 36.6 Å². The first kappa shape index (κ1) is 11.7. The maximum absolute atomic E-state index is 10.9. The zero-order chi connectivity index (χ0) is 12.3. The molecule has 2 rings (SSSR count). The molecule has 0 atom stereocenters. The Labute approximate surface area is 104 Å². The molecular weight excluding hydrogens is 234 g/mol. The summed E-state index contributed by atoms with van der Waals surface area (Å²) in [5, 5.41) is 8.91. The van der Waals surface area contributed by atoms with Crippen LogP contribution in [0.15, 0.2) is 47.5 Å². The SMILES string of the molecule is CSc1ccccc1-c1ccnc(C(=O)O)c1. The lowest BCUT2D eigenvalue weighted by atomic mass is 10.1. The third-order valence-corrected chi connectivity index (χ3v) is 3.19. The van der Waals surface area contributed by atoms with Crippen LogP contribution in [0.2, 0.25) is 0 Å². The summed E-state index contributed by atoms with van der Waals surface area (Å²) in [6, 6.07) is 11.3. The molecular formula is C13H11NO2S. The molecule has 17 heavy (non-hydrogen) atoms. The number of benzene rings is 1. The number of carboxylic acid groups (broad SMARTS) is 1. The number of aromatic nitrogens is 1. The second-order valence-corrected chi connectivity index (χ2v) is 4.28. The van der Waals surface area contributed by atoms with Gasteiger partial charge in [-0.2, -0.15) is 0 Å². The highest BCUT2D eigenvalue weighted by Gasteiger charge is 2.08. The van der Waals surface area contributed by atoms with E-state index >= 15 is 0 Å². The molecule has 0 unspecified atom stereocenters. The highest BCUT2D eigenvalue weighted by Crippen LogP contribution is 2.29. The molecule has 2 aromatic rings. The highest BCUT2D eigenvalue weighted by molar-refractivity contribution is 7.98. The number of hydrogen-bond donors (Lipinski definition) is 1. The topological polar surface area (TPSA) is 50.2 Å². The van der Waals surface area contributed by atoms with Gasteiger partial charge in [0, 0.05) is 11.1 Å². The number of aromatic carboxylic acids is 1. The summed E-state index contributed by atoms with van der Waals surface area (Å²) in [6.07, 6.45) is 3.52. The Hall–Kier alpha value is -1.81. The number of carboxylic acids is 1. The second-order valence-electron chi connectivity index (χ2n) is 3.44. The predicted molar refractivity (Wildman–Crippen MR) is 68.4 cm³/mol. The van der Waals surface area contributed by atoms with Gasteiger partial charge in [-0.25, -0.2) is 9.78 Å². The Bertz CT molecular complexity index is 555. The van der Waals surface area contributed by atoms with E-state index in [2.05, 4.69) is 4.98 Å². The van der Waals surface area contributed by atoms with Crippen LogP contribution in [0, 0.1) is 0 Å². The van der Waals surface area contributed by atoms with Crippen molar-refractivity contribution < 1.29 is 9.90 Å². The number of rotatable bonds is 3. The van der Waals surface area contributed by atoms with Crippen molar-refractivity contribution in [3.8, 4) is 11.1 Å². The molecule has 4 heteroatoms. The molecule has 1 aromatic carbocycles. The lowest BCUT2D eigenvalue weighted by Gasteiger charge is -2.07. The molecule has 0 aliphatic rings. The molecule has 0 saturated heterocycles. The molecule has 1 heterocycles. The van der Waals surface area contributed by atoms with Crippen LogP contribution < -0.4 is 0 Å². The van der Waals surface area contributed by atoms with Crippen molar-refractivity contribution in [1.29, 1.82) is 0 Å². The Kier molecular flexibility index (Phi) is 3.44. The Morgan fingerprint density at radius 1 is 1.29 bits per heavy atom. The summed E-state index contributed by atoms with van der Waals surface area (Å²) in [5.74, 6) is -1.01. The quantitative estimate of drug-likeness (QED) is 0.844. The summed E-state index contributed by atoms with van der Waals surface area (Å²) >= 11 is 1.64. The standard InChI is InChI=1S/C13H11NO2S/c1-17-12-5-3-2-4-10(12)9-6-7-14-11(8-9)13(15)16/h2-8H,1H3,(H,15,16). The van der Waals surface area contributed by atoms with E-state index < -0.39 is 5.97 Å². The van der Waals surface area contributed by atoms with Crippen LogP contribution in [0.4, 0.5) is 0 Å². The van der Waals surface area contributed by atoms with Crippen LogP contribution in [0.5, 0.6) is 0 Å². The first-order chi connectivity index (χ1) is 8.22. The minimum atomic E-state index is -1.01. The van der Waals surface area contributed by atoms with E-state index in [1.165, 1.54) is 6.20 Å². The minimum absolute atomic E-state index is 0.0680. The van der Waals surface area contributed by atoms with Crippen molar-refractivity contribution in [3.05, 3.63) is 48.3 Å². The number of nitrogens with zero attached hydrogens (tertiary/aromatic N) is 1. The zero-order valence-corrected chi connectivity index (χ0v) is 10.1. The van der Waals surface area contributed by atoms with Gasteiger partial charge in [-0.05, 0) is 35.6 Å². The smallest absolute Gasteiger partial charge is 0.354 e. The van der Waals surface area contributed by atoms with Gasteiger partial charge in [0.15, 0.2) is 0 Å². The van der Waals surface area contributed by atoms with Crippen molar-refractivity contribution in [1.82, 2.24) is 4.98 Å². The summed E-state index contributed by atoms with van der Waals surface area (Å²) in [6.45, 7) is 0. The Morgan fingerprint density at radius 3 is 2.76 bits per heavy atom. The predicted octanol–water partition coefficient (Wildman–Crippen LogP) is 3.17. The normalized spacial score (nSPS) is 10.2. The Morgan fingerprint density at radius 2 is 2.06 bits per heavy atom. The molecule has 3 nitrogen and oxygen atoms in total. The van der Waals surface area contributed by atoms with Gasteiger partial charge in [-0.1, -0.05) is 18.2 Å². The van der Waals surface area contributed by atoms with Crippen molar-refractivity contribution in [3.63, 3.8) is 0 Å². The van der Waals surface area contributed by atoms with Crippen molar-refractivity contribution in [2.75, 3.05) is 6.26 Å². The van der Waals surface area contributed by atoms with Gasteiger partial charge in [-0.3, -0.25) is 0 Å². The fraction of sp³-hybridized carbons (Fsp3) is 0.0769. The fourth-order valence-electron chi connectivity index (χ4n) is 1.60. The van der Waals surface area contributed by atoms with Gasteiger partial charge in [0.2, 0.25) is 0 Å². The summed E-state index contributed by atoms with van der Waals surface area (Å²) in [4.78, 5) is 15.8. The number of carbonyl (C=O) groups is 1. The second kappa shape index (κ2) is 5.01. The average molecular weight is 245 g/mol. The lowest BCUT2D eigenvalue weighted by molar-refractivity contribution is 0.0690. The molecule has 1 N–H and O–H groups in total. The van der Waals surface area contributed by atoms with Gasteiger partial charge in [-0.15, -0.1) is 11.8 Å². The average Bonchev–Trinajstić information content (AvgIpc) is 2.39. The number of pyridine rings is 1. The molecule has 0 saturated carbocycles. The molecule has 0 aliphatic carbocycles. The maximum Gasteiger partial charge on any atom is 0.354 e. The van der Waals surface area contributed by atoms with Crippen molar-refractivity contribution in [2.45, 2.75) is 4.90 Å². The zero-order valence-electron chi connectivity index (χ0n) is 9.25. The molecule has 1 aromatic heterocycles. The highest BCUT2D eigenvalue weighted by atomic mass is 32.2. The fourth-order valence-corrected chi connectivity index (χ4v) is 2.22. The number of thioether (sulfide) groups is 1. The van der Waals surface area contributed by atoms with Crippen molar-refractivity contribution >= 4 is 17.7 Å². The summed E-state index contributed by atoms with van der Waals surface area (Å²) < 4.78 is 0. The van der Waals surface area contributed by atoms with E-state index in [9.17, 15) is 4.79 Å². The molecule has 0 spiro atoms. The molecule has 0 bridgehead atoms. The van der Waals surface area contributed by atoms with E-state index in [4.69, 9.17) is 5.11 Å². The van der Waals surface area contributed by atoms with Crippen molar-refractivity contribution in [2.24, 2.45) is 0 Å². The van der Waals surface area contributed by atoms with Crippen LogP contribution in [-0.2, 0) is 0 Å². The maximum atomic E-state index is 10.9. The van der Waals surface area contributed by atoms with E-state index in [1.54, 1.807) is 17.8 Å². The summed E-state index contributed by atoms with van der Waals surface area (Å²) in [7, 11) is 0. The lowest BCUT2D eigenvalue weighted by Crippen LogP contribution is -1.99. The van der Waals surface area contributed by atoms with Gasteiger partial charge >= 0.3 is 5.97 Å². The van der Waals surface area contributed by atoms with Crippen LogP contribution in [0.3, 0.4) is 0 Å². The van der Waals surface area contributed by atoms with E-state index in [0.717, 1.165) is 16.0 Å². The van der Waals surface area contributed by atoms with E-state index in [-0.39, 0.29) is 5.69 Å². The first-order valence-corrected chi connectivity index (χ1v) is 6.27. The minimum Gasteiger partial charge on any atom is -0.477 e. The molecule has 0 amide bonds. The van der Waals surface area contributed by atoms with Gasteiger partial charge < -0.3 is 5.11 Å². The molecule has 0 fully saturated rings. The van der Waals surface area contributed by atoms with Crippen LogP contribution in [0.1, 0.15) is 10.5 Å². The number of hydrogen-bond acceptors (Lipinski definition) is 3. The molecule has 0 radical (unpaired) electrons. The molecule has 0 aliphatic heterocycles. The third-order valence-electron chi connectivity index (χ3n) is 2.40. The van der Waals surface area contributed by atoms with Gasteiger partial charge in [0.25, 0.3) is 0 Å².